The van der Waals surface area contributed by atoms with Gasteiger partial charge in [-0.25, -0.2) is 4.79 Å². The number of carbonyl (C=O) groups excluding carboxylic acids is 4. The summed E-state index contributed by atoms with van der Waals surface area (Å²) in [6.07, 6.45) is 4.28. The molecule has 4 heterocycles. The molecule has 5 atom stereocenters. The van der Waals surface area contributed by atoms with Gasteiger partial charge in [-0.1, -0.05) is 62.4 Å². The van der Waals surface area contributed by atoms with Crippen LogP contribution in [0.4, 0.5) is 21.9 Å². The normalized spacial score (nSPS) is 17.6. The van der Waals surface area contributed by atoms with E-state index in [1.807, 2.05) is 78.5 Å². The highest BCUT2D eigenvalue weighted by molar-refractivity contribution is 6.04. The van der Waals surface area contributed by atoms with Crippen LogP contribution in [0.3, 0.4) is 0 Å². The molecule has 0 spiro atoms. The number of nitrogens with two attached hydrogens (primary N) is 2. The van der Waals surface area contributed by atoms with Gasteiger partial charge in [0.25, 0.3) is 11.8 Å². The third kappa shape index (κ3) is 11.2. The zero-order chi connectivity index (χ0) is 51.3. The molecule has 0 fully saturated rings. The van der Waals surface area contributed by atoms with Crippen LogP contribution >= 0.6 is 0 Å². The minimum atomic E-state index is -1.22. The molecule has 0 aromatic heterocycles. The number of primary amides is 1. The number of nitrogens with zero attached hydrogens (tertiary/aromatic N) is 4. The second kappa shape index (κ2) is 21.9. The van der Waals surface area contributed by atoms with Crippen LogP contribution in [0.25, 0.3) is 0 Å². The molecular weight excluding hydrogens is 931 g/mol. The van der Waals surface area contributed by atoms with Crippen molar-refractivity contribution >= 4 is 53.2 Å². The lowest BCUT2D eigenvalue weighted by atomic mass is 9.94. The molecule has 4 aliphatic heterocycles. The zero-order valence-corrected chi connectivity index (χ0v) is 41.3. The third-order valence-electron chi connectivity index (χ3n) is 13.8. The van der Waals surface area contributed by atoms with E-state index in [9.17, 15) is 24.3 Å². The standard InChI is InChI=1S/C55H61N9O9/c1-31(2)50(56)52(66)62-43(14-9-15-58-55(57)69)51(65)61-38-17-32(29-72-48-23-44-41(21-46(48)70-3)53(67)63-27-36-12-7-5-10-34(36)19-39(63)25-59-44)16-33(18-38)30-73-49-24-45-42(22-47(49)71-4)54(68)64-28-37-13-8-6-11-35(37)20-40(64)26-60-45/h5-8,10-13,16-18,21-26,31,39-40,43,50,52,62,66H,9,14-15,19-20,27-30,56H2,1-4H3,(H,61,65)(H3,57,58,69)/t39-,40-,43-,50-,52?/m0/s1. The number of carbonyl (C=O) groups is 4. The summed E-state index contributed by atoms with van der Waals surface area (Å²) in [5.41, 5.74) is 19.4. The maximum atomic E-state index is 14.2. The molecule has 18 nitrogen and oxygen atoms in total. The van der Waals surface area contributed by atoms with Gasteiger partial charge in [0.15, 0.2) is 23.0 Å². The molecule has 18 heteroatoms. The number of aliphatic hydroxyl groups excluding tert-OH is 1. The largest absolute Gasteiger partial charge is 0.493 e. The molecule has 4 aliphatic rings. The SMILES string of the molecule is COc1cc2c(cc1OCc1cc(COc3cc4c(cc3OC)C(=O)N3Cc5ccccc5C[C@H]3C=N4)cc(NC(=O)[C@H](CCCNC(N)=O)NC(O)[C@@H](N)C(C)C)c1)N=C[C@@H]1Cc3ccccc3CN1C2=O. The number of nitrogens with one attached hydrogen (secondary N) is 3. The molecule has 5 amide bonds. The van der Waals surface area contributed by atoms with Gasteiger partial charge in [0.1, 0.15) is 19.4 Å². The van der Waals surface area contributed by atoms with Gasteiger partial charge in [0.2, 0.25) is 5.91 Å². The van der Waals surface area contributed by atoms with Crippen LogP contribution < -0.4 is 46.4 Å². The number of aliphatic hydroxyl groups is 1. The number of fused-ring (bicyclic) bond motifs is 6. The molecule has 380 valence electrons. The highest BCUT2D eigenvalue weighted by atomic mass is 16.5. The van der Waals surface area contributed by atoms with Crippen LogP contribution in [0.5, 0.6) is 23.0 Å². The van der Waals surface area contributed by atoms with E-state index in [4.69, 9.17) is 40.4 Å². The van der Waals surface area contributed by atoms with E-state index in [2.05, 4.69) is 28.1 Å². The van der Waals surface area contributed by atoms with E-state index >= 15 is 0 Å². The van der Waals surface area contributed by atoms with Crippen LogP contribution in [-0.4, -0.2) is 102 Å². The van der Waals surface area contributed by atoms with Crippen molar-refractivity contribution in [3.63, 3.8) is 0 Å². The van der Waals surface area contributed by atoms with Crippen molar-refractivity contribution in [3.05, 3.63) is 136 Å². The Morgan fingerprint density at radius 2 is 1.22 bits per heavy atom. The summed E-state index contributed by atoms with van der Waals surface area (Å²) >= 11 is 0. The summed E-state index contributed by atoms with van der Waals surface area (Å²) in [5.74, 6) is 0.466. The predicted octanol–water partition coefficient (Wildman–Crippen LogP) is 6.07. The van der Waals surface area contributed by atoms with E-state index in [-0.39, 0.29) is 56.0 Å². The smallest absolute Gasteiger partial charge is 0.312 e. The van der Waals surface area contributed by atoms with Gasteiger partial charge < -0.3 is 56.0 Å². The molecular formula is C55H61N9O9. The molecule has 5 aromatic carbocycles. The summed E-state index contributed by atoms with van der Waals surface area (Å²) in [6.45, 7) is 4.83. The number of benzene rings is 5. The van der Waals surface area contributed by atoms with E-state index in [0.29, 0.717) is 94.7 Å². The Bertz CT molecular complexity index is 2810. The Morgan fingerprint density at radius 1 is 0.726 bits per heavy atom. The van der Waals surface area contributed by atoms with Crippen molar-refractivity contribution in [1.29, 1.82) is 0 Å². The van der Waals surface area contributed by atoms with E-state index in [0.717, 1.165) is 11.1 Å². The van der Waals surface area contributed by atoms with Crippen LogP contribution in [-0.2, 0) is 43.9 Å². The number of aliphatic imine (C=N–C) groups is 2. The molecule has 9 rings (SSSR count). The Morgan fingerprint density at radius 3 is 1.68 bits per heavy atom. The second-order valence-corrected chi connectivity index (χ2v) is 19.1. The molecule has 0 bridgehead atoms. The maximum absolute atomic E-state index is 14.2. The molecule has 0 saturated heterocycles. The maximum Gasteiger partial charge on any atom is 0.312 e. The number of urea groups is 1. The first-order valence-corrected chi connectivity index (χ1v) is 24.5. The number of ether oxygens (including phenoxy) is 4. The monoisotopic (exact) mass is 991 g/mol. The number of methoxy groups -OCH3 is 2. The average molecular weight is 992 g/mol. The lowest BCUT2D eigenvalue weighted by Crippen LogP contribution is -2.54. The van der Waals surface area contributed by atoms with Crippen molar-refractivity contribution in [2.75, 3.05) is 26.1 Å². The number of rotatable bonds is 18. The number of hydrogen-bond acceptors (Lipinski definition) is 13. The van der Waals surface area contributed by atoms with Gasteiger partial charge in [-0.05, 0) is 95.3 Å². The molecule has 8 N–H and O–H groups in total. The fourth-order valence-corrected chi connectivity index (χ4v) is 9.69. The summed E-state index contributed by atoms with van der Waals surface area (Å²) in [6, 6.07) is 25.6. The van der Waals surface area contributed by atoms with Crippen molar-refractivity contribution in [1.82, 2.24) is 20.4 Å². The number of amides is 5. The van der Waals surface area contributed by atoms with Crippen molar-refractivity contribution in [2.45, 2.75) is 96.2 Å². The summed E-state index contributed by atoms with van der Waals surface area (Å²) in [5, 5.41) is 19.5. The minimum Gasteiger partial charge on any atom is -0.493 e. The van der Waals surface area contributed by atoms with Crippen LogP contribution in [0, 0.1) is 5.92 Å². The van der Waals surface area contributed by atoms with Crippen LogP contribution in [0.2, 0.25) is 0 Å². The third-order valence-corrected chi connectivity index (χ3v) is 13.8. The Hall–Kier alpha value is -7.80. The highest BCUT2D eigenvalue weighted by Crippen LogP contribution is 2.41. The van der Waals surface area contributed by atoms with Gasteiger partial charge in [-0.15, -0.1) is 0 Å². The first kappa shape index (κ1) is 50.2. The summed E-state index contributed by atoms with van der Waals surface area (Å²) in [4.78, 5) is 67.0. The Kier molecular flexibility index (Phi) is 15.0. The molecule has 5 aromatic rings. The molecule has 0 aliphatic carbocycles. The van der Waals surface area contributed by atoms with Crippen molar-refractivity contribution in [3.8, 4) is 23.0 Å². The van der Waals surface area contributed by atoms with Crippen molar-refractivity contribution in [2.24, 2.45) is 27.4 Å². The summed E-state index contributed by atoms with van der Waals surface area (Å²) in [7, 11) is 3.01. The fourth-order valence-electron chi connectivity index (χ4n) is 9.69. The molecule has 73 heavy (non-hydrogen) atoms. The van der Waals surface area contributed by atoms with Gasteiger partial charge in [-0.2, -0.15) is 0 Å². The van der Waals surface area contributed by atoms with E-state index in [1.165, 1.54) is 25.3 Å². The first-order valence-electron chi connectivity index (χ1n) is 24.5. The van der Waals surface area contributed by atoms with Crippen LogP contribution in [0.1, 0.15) is 80.8 Å². The summed E-state index contributed by atoms with van der Waals surface area (Å²) < 4.78 is 24.5. The van der Waals surface area contributed by atoms with Gasteiger partial charge in [-0.3, -0.25) is 29.7 Å². The first-order chi connectivity index (χ1) is 35.3. The Balaban J connectivity index is 0.993. The molecule has 1 unspecified atom stereocenters. The lowest BCUT2D eigenvalue weighted by Gasteiger charge is -2.34. The predicted molar refractivity (Wildman–Crippen MR) is 276 cm³/mol. The minimum absolute atomic E-state index is 0.0173. The van der Waals surface area contributed by atoms with E-state index < -0.39 is 30.2 Å². The van der Waals surface area contributed by atoms with Gasteiger partial charge in [0.05, 0.1) is 54.8 Å². The molecule has 0 radical (unpaired) electrons. The average Bonchev–Trinajstić information content (AvgIpc) is 3.60. The van der Waals surface area contributed by atoms with E-state index in [1.54, 1.807) is 36.4 Å². The highest BCUT2D eigenvalue weighted by Gasteiger charge is 2.35. The number of hydrogen-bond donors (Lipinski definition) is 6. The van der Waals surface area contributed by atoms with Crippen molar-refractivity contribution < 1.29 is 43.2 Å². The lowest BCUT2D eigenvalue weighted by molar-refractivity contribution is -0.119. The van der Waals surface area contributed by atoms with Crippen LogP contribution in [0.15, 0.2) is 101 Å². The zero-order valence-electron chi connectivity index (χ0n) is 41.3. The topological polar surface area (TPSA) is 245 Å². The van der Waals surface area contributed by atoms with Gasteiger partial charge in [0, 0.05) is 55.9 Å². The van der Waals surface area contributed by atoms with Gasteiger partial charge >= 0.3 is 6.03 Å². The number of anilines is 1. The molecule has 0 saturated carbocycles. The Labute approximate surface area is 423 Å². The second-order valence-electron chi connectivity index (χ2n) is 19.1. The fraction of sp³-hybridized carbons (Fsp3) is 0.345. The quantitative estimate of drug-likeness (QED) is 0.0434.